The van der Waals surface area contributed by atoms with Gasteiger partial charge >= 0.3 is 0 Å². The highest BCUT2D eigenvalue weighted by Gasteiger charge is 2.22. The first-order valence-corrected chi connectivity index (χ1v) is 8.02. The minimum atomic E-state index is 0.374. The summed E-state index contributed by atoms with van der Waals surface area (Å²) in [5.41, 5.74) is 0. The molecule has 0 saturated carbocycles. The smallest absolute Gasteiger partial charge is 0.240 e. The van der Waals surface area contributed by atoms with Crippen molar-refractivity contribution in [2.75, 3.05) is 62.4 Å². The number of hydrogen-bond donors (Lipinski definition) is 0. The van der Waals surface area contributed by atoms with Gasteiger partial charge in [0.15, 0.2) is 0 Å². The first kappa shape index (κ1) is 15.2. The molecular formula is C14H19N7O3. The largest absolute Gasteiger partial charge is 0.378 e. The summed E-state index contributed by atoms with van der Waals surface area (Å²) >= 11 is 0. The van der Waals surface area contributed by atoms with Crippen LogP contribution in [0.25, 0.3) is 11.6 Å². The summed E-state index contributed by atoms with van der Waals surface area (Å²) in [4.78, 5) is 22.1. The Kier molecular flexibility index (Phi) is 4.22. The van der Waals surface area contributed by atoms with Gasteiger partial charge in [-0.1, -0.05) is 5.16 Å². The lowest BCUT2D eigenvalue weighted by molar-refractivity contribution is 0.121. The summed E-state index contributed by atoms with van der Waals surface area (Å²) in [6, 6.07) is 0. The van der Waals surface area contributed by atoms with Crippen molar-refractivity contribution < 1.29 is 14.0 Å². The van der Waals surface area contributed by atoms with Crippen molar-refractivity contribution in [2.24, 2.45) is 0 Å². The Labute approximate surface area is 138 Å². The van der Waals surface area contributed by atoms with Crippen molar-refractivity contribution in [3.8, 4) is 11.6 Å². The number of ether oxygens (including phenoxy) is 2. The van der Waals surface area contributed by atoms with E-state index in [0.717, 1.165) is 26.2 Å². The predicted molar refractivity (Wildman–Crippen MR) is 83.9 cm³/mol. The average Bonchev–Trinajstić information content (AvgIpc) is 3.09. The van der Waals surface area contributed by atoms with Crippen LogP contribution in [0.3, 0.4) is 0 Å². The van der Waals surface area contributed by atoms with Crippen molar-refractivity contribution in [3.63, 3.8) is 0 Å². The topological polar surface area (TPSA) is 103 Å². The molecule has 10 nitrogen and oxygen atoms in total. The molecule has 4 heterocycles. The zero-order valence-corrected chi connectivity index (χ0v) is 13.5. The van der Waals surface area contributed by atoms with Crippen molar-refractivity contribution >= 4 is 11.9 Å². The van der Waals surface area contributed by atoms with Crippen molar-refractivity contribution in [1.82, 2.24) is 25.1 Å². The van der Waals surface area contributed by atoms with E-state index in [-0.39, 0.29) is 0 Å². The van der Waals surface area contributed by atoms with E-state index in [1.165, 1.54) is 0 Å². The summed E-state index contributed by atoms with van der Waals surface area (Å²) in [7, 11) is 0. The Morgan fingerprint density at radius 1 is 0.708 bits per heavy atom. The molecule has 0 amide bonds. The second-order valence-electron chi connectivity index (χ2n) is 5.59. The average molecular weight is 333 g/mol. The maximum Gasteiger partial charge on any atom is 0.240 e. The van der Waals surface area contributed by atoms with E-state index in [1.54, 1.807) is 6.92 Å². The second kappa shape index (κ2) is 6.65. The molecule has 2 saturated heterocycles. The number of aromatic nitrogens is 5. The highest BCUT2D eigenvalue weighted by molar-refractivity contribution is 5.51. The molecule has 0 aromatic carbocycles. The predicted octanol–water partition coefficient (Wildman–Crippen LogP) is -0.0968. The van der Waals surface area contributed by atoms with E-state index in [2.05, 4.69) is 34.9 Å². The molecule has 0 spiro atoms. The SMILES string of the molecule is Cc1nc(-c2nc(N3CCOCC3)nc(N3CCOCC3)n2)no1. The summed E-state index contributed by atoms with van der Waals surface area (Å²) < 4.78 is 15.9. The molecule has 0 unspecified atom stereocenters. The standard InChI is InChI=1S/C14H19N7O3/c1-10-15-12(19-24-10)11-16-13(20-2-6-22-7-3-20)18-14(17-11)21-4-8-23-9-5-21/h2-9H2,1H3. The monoisotopic (exact) mass is 333 g/mol. The normalized spacial score (nSPS) is 18.9. The van der Waals surface area contributed by atoms with Crippen LogP contribution in [0.2, 0.25) is 0 Å². The Bertz CT molecular complexity index is 659. The number of rotatable bonds is 3. The second-order valence-corrected chi connectivity index (χ2v) is 5.59. The lowest BCUT2D eigenvalue weighted by atomic mass is 10.4. The first-order chi connectivity index (χ1) is 11.8. The summed E-state index contributed by atoms with van der Waals surface area (Å²) in [5, 5.41) is 3.93. The lowest BCUT2D eigenvalue weighted by Crippen LogP contribution is -2.40. The van der Waals surface area contributed by atoms with Gasteiger partial charge in [0.05, 0.1) is 26.4 Å². The molecule has 24 heavy (non-hydrogen) atoms. The van der Waals surface area contributed by atoms with Crippen LogP contribution >= 0.6 is 0 Å². The van der Waals surface area contributed by atoms with Crippen molar-refractivity contribution in [1.29, 1.82) is 0 Å². The van der Waals surface area contributed by atoms with E-state index in [9.17, 15) is 0 Å². The Hall–Kier alpha value is -2.33. The third-order valence-electron chi connectivity index (χ3n) is 3.93. The van der Waals surface area contributed by atoms with E-state index >= 15 is 0 Å². The maximum atomic E-state index is 5.41. The van der Waals surface area contributed by atoms with Gasteiger partial charge in [0.2, 0.25) is 29.4 Å². The van der Waals surface area contributed by atoms with Crippen LogP contribution in [0.15, 0.2) is 4.52 Å². The van der Waals surface area contributed by atoms with Gasteiger partial charge in [-0.05, 0) is 0 Å². The molecule has 2 fully saturated rings. The molecule has 4 rings (SSSR count). The van der Waals surface area contributed by atoms with Crippen LogP contribution < -0.4 is 9.80 Å². The third kappa shape index (κ3) is 3.15. The first-order valence-electron chi connectivity index (χ1n) is 8.02. The molecule has 2 aromatic heterocycles. The van der Waals surface area contributed by atoms with Gasteiger partial charge in [-0.25, -0.2) is 0 Å². The Morgan fingerprint density at radius 3 is 1.71 bits per heavy atom. The van der Waals surface area contributed by atoms with Gasteiger partial charge in [0, 0.05) is 33.1 Å². The van der Waals surface area contributed by atoms with Crippen LogP contribution in [-0.2, 0) is 9.47 Å². The molecule has 2 aliphatic heterocycles. The van der Waals surface area contributed by atoms with Crippen molar-refractivity contribution in [3.05, 3.63) is 5.89 Å². The molecule has 0 atom stereocenters. The summed E-state index contributed by atoms with van der Waals surface area (Å²) in [6.07, 6.45) is 0. The number of nitrogens with zero attached hydrogens (tertiary/aromatic N) is 7. The highest BCUT2D eigenvalue weighted by atomic mass is 16.5. The minimum Gasteiger partial charge on any atom is -0.378 e. The van der Waals surface area contributed by atoms with Crippen LogP contribution in [0.1, 0.15) is 5.89 Å². The fraction of sp³-hybridized carbons (Fsp3) is 0.643. The van der Waals surface area contributed by atoms with Crippen molar-refractivity contribution in [2.45, 2.75) is 6.92 Å². The molecule has 10 heteroatoms. The van der Waals surface area contributed by atoms with E-state index in [4.69, 9.17) is 14.0 Å². The van der Waals surface area contributed by atoms with Gasteiger partial charge in [0.25, 0.3) is 0 Å². The summed E-state index contributed by atoms with van der Waals surface area (Å²) in [5.74, 6) is 2.51. The Balaban J connectivity index is 1.71. The lowest BCUT2D eigenvalue weighted by Gasteiger charge is -2.30. The zero-order valence-electron chi connectivity index (χ0n) is 13.5. The number of aryl methyl sites for hydroxylation is 1. The van der Waals surface area contributed by atoms with Gasteiger partial charge in [0.1, 0.15) is 0 Å². The third-order valence-corrected chi connectivity index (χ3v) is 3.93. The molecule has 0 N–H and O–H groups in total. The van der Waals surface area contributed by atoms with E-state index in [0.29, 0.717) is 55.9 Å². The van der Waals surface area contributed by atoms with Crippen LogP contribution in [0.5, 0.6) is 0 Å². The van der Waals surface area contributed by atoms with E-state index in [1.807, 2.05) is 0 Å². The van der Waals surface area contributed by atoms with Crippen LogP contribution in [0, 0.1) is 6.92 Å². The van der Waals surface area contributed by atoms with Crippen LogP contribution in [-0.4, -0.2) is 77.7 Å². The van der Waals surface area contributed by atoms with Gasteiger partial charge < -0.3 is 23.8 Å². The van der Waals surface area contributed by atoms with Gasteiger partial charge in [-0.2, -0.15) is 19.9 Å². The number of hydrogen-bond acceptors (Lipinski definition) is 10. The zero-order chi connectivity index (χ0) is 16.4. The molecule has 2 aromatic rings. The fourth-order valence-corrected chi connectivity index (χ4v) is 2.65. The van der Waals surface area contributed by atoms with Gasteiger partial charge in [-0.3, -0.25) is 0 Å². The number of anilines is 2. The molecule has 128 valence electrons. The fourth-order valence-electron chi connectivity index (χ4n) is 2.65. The van der Waals surface area contributed by atoms with E-state index < -0.39 is 0 Å². The highest BCUT2D eigenvalue weighted by Crippen LogP contribution is 2.21. The van der Waals surface area contributed by atoms with Gasteiger partial charge in [-0.15, -0.1) is 0 Å². The number of morpholine rings is 2. The molecule has 0 radical (unpaired) electrons. The van der Waals surface area contributed by atoms with Crippen LogP contribution in [0.4, 0.5) is 11.9 Å². The molecule has 0 bridgehead atoms. The Morgan fingerprint density at radius 2 is 1.25 bits per heavy atom. The molecule has 2 aliphatic rings. The summed E-state index contributed by atoms with van der Waals surface area (Å²) in [6.45, 7) is 7.38. The minimum absolute atomic E-state index is 0.374. The molecule has 0 aliphatic carbocycles. The molecular weight excluding hydrogens is 314 g/mol. The quantitative estimate of drug-likeness (QED) is 0.756. The maximum absolute atomic E-state index is 5.41.